The predicted octanol–water partition coefficient (Wildman–Crippen LogP) is 1.88. The highest BCUT2D eigenvalue weighted by Gasteiger charge is 2.48. The van der Waals surface area contributed by atoms with Crippen LogP contribution in [-0.4, -0.2) is 98.7 Å². The predicted molar refractivity (Wildman–Crippen MR) is 142 cm³/mol. The molecule has 0 aromatic carbocycles. The summed E-state index contributed by atoms with van der Waals surface area (Å²) in [5.74, 6) is -3.31. The normalized spacial score (nSPS) is 27.5. The van der Waals surface area contributed by atoms with Gasteiger partial charge in [-0.2, -0.15) is 0 Å². The summed E-state index contributed by atoms with van der Waals surface area (Å²) in [7, 11) is 0. The van der Waals surface area contributed by atoms with Gasteiger partial charge in [-0.05, 0) is 6.42 Å². The van der Waals surface area contributed by atoms with Gasteiger partial charge in [-0.3, -0.25) is 4.79 Å². The molecule has 0 aromatic heterocycles. The number of carbonyl (C=O) groups is 2. The zero-order valence-corrected chi connectivity index (χ0v) is 23.5. The highest BCUT2D eigenvalue weighted by atomic mass is 16.7. The van der Waals surface area contributed by atoms with Crippen molar-refractivity contribution < 1.29 is 59.2 Å². The van der Waals surface area contributed by atoms with E-state index in [1.807, 2.05) is 0 Å². The number of esters is 2. The van der Waals surface area contributed by atoms with Gasteiger partial charge >= 0.3 is 11.9 Å². The lowest BCUT2D eigenvalue weighted by Crippen LogP contribution is -2.59. The van der Waals surface area contributed by atoms with Crippen LogP contribution in [0.25, 0.3) is 0 Å². The Morgan fingerprint density at radius 1 is 0.875 bits per heavy atom. The van der Waals surface area contributed by atoms with Crippen LogP contribution in [0.3, 0.4) is 0 Å². The number of unbranched alkanes of at least 4 members (excludes halogenated alkanes) is 12. The molecule has 1 saturated heterocycles. The van der Waals surface area contributed by atoms with Gasteiger partial charge in [-0.1, -0.05) is 84.0 Å². The summed E-state index contributed by atoms with van der Waals surface area (Å²) in [5.41, 5.74) is 0. The van der Waals surface area contributed by atoms with Crippen LogP contribution in [0, 0.1) is 0 Å². The van der Waals surface area contributed by atoms with E-state index in [1.165, 1.54) is 57.8 Å². The first-order valence-corrected chi connectivity index (χ1v) is 14.7. The average Bonchev–Trinajstić information content (AvgIpc) is 3.22. The van der Waals surface area contributed by atoms with E-state index < -0.39 is 79.6 Å². The molecule has 0 bridgehead atoms. The van der Waals surface area contributed by atoms with Crippen LogP contribution >= 0.6 is 0 Å². The first-order valence-electron chi connectivity index (χ1n) is 14.7. The lowest BCUT2D eigenvalue weighted by molar-refractivity contribution is -0.291. The monoisotopic (exact) mass is 576 g/mol. The Morgan fingerprint density at radius 2 is 1.43 bits per heavy atom. The Labute approximate surface area is 235 Å². The average molecular weight is 577 g/mol. The summed E-state index contributed by atoms with van der Waals surface area (Å²) in [6.07, 6.45) is 4.16. The second-order valence-corrected chi connectivity index (χ2v) is 10.6. The summed E-state index contributed by atoms with van der Waals surface area (Å²) in [5, 5.41) is 59.7. The van der Waals surface area contributed by atoms with Crippen molar-refractivity contribution >= 4 is 11.9 Å². The van der Waals surface area contributed by atoms with Crippen LogP contribution in [0.4, 0.5) is 0 Å². The molecule has 2 heterocycles. The summed E-state index contributed by atoms with van der Waals surface area (Å²) >= 11 is 0. The van der Waals surface area contributed by atoms with Crippen LogP contribution in [0.1, 0.15) is 96.8 Å². The molecule has 3 unspecified atom stereocenters. The van der Waals surface area contributed by atoms with E-state index in [4.69, 9.17) is 18.9 Å². The van der Waals surface area contributed by atoms with E-state index in [0.29, 0.717) is 6.42 Å². The van der Waals surface area contributed by atoms with Crippen LogP contribution in [-0.2, 0) is 28.5 Å². The van der Waals surface area contributed by atoms with Crippen molar-refractivity contribution in [3.8, 4) is 0 Å². The van der Waals surface area contributed by atoms with Crippen LogP contribution in [0.15, 0.2) is 11.5 Å². The minimum absolute atomic E-state index is 0.183. The largest absolute Gasteiger partial charge is 0.505 e. The SMILES string of the molecule is CCCCCCCCCCCCCCCC(=O)OC[C@H](O)[C@H]1OC(=O)C(O[C@H]2OC(CO)[C@@H](O)C(O)C2O)=C1O. The maximum atomic E-state index is 12.2. The summed E-state index contributed by atoms with van der Waals surface area (Å²) in [4.78, 5) is 24.2. The van der Waals surface area contributed by atoms with Gasteiger partial charge in [0.2, 0.25) is 12.0 Å². The molecular formula is C28H48O12. The third-order valence-corrected chi connectivity index (χ3v) is 7.25. The van der Waals surface area contributed by atoms with Crippen molar-refractivity contribution in [3.05, 3.63) is 11.5 Å². The third kappa shape index (κ3) is 10.8. The molecule has 40 heavy (non-hydrogen) atoms. The lowest BCUT2D eigenvalue weighted by Gasteiger charge is -2.39. The molecule has 12 heteroatoms. The molecule has 0 saturated carbocycles. The number of ether oxygens (including phenoxy) is 4. The first kappa shape index (κ1) is 34.2. The molecule has 2 aliphatic heterocycles. The van der Waals surface area contributed by atoms with Crippen molar-refractivity contribution in [2.75, 3.05) is 13.2 Å². The highest BCUT2D eigenvalue weighted by molar-refractivity contribution is 5.89. The van der Waals surface area contributed by atoms with E-state index >= 15 is 0 Å². The lowest BCUT2D eigenvalue weighted by atomic mass is 9.99. The van der Waals surface area contributed by atoms with Crippen molar-refractivity contribution in [2.24, 2.45) is 0 Å². The molecule has 232 valence electrons. The van der Waals surface area contributed by atoms with Gasteiger partial charge in [0, 0.05) is 6.42 Å². The van der Waals surface area contributed by atoms with Gasteiger partial charge in [0.1, 0.15) is 37.1 Å². The van der Waals surface area contributed by atoms with E-state index in [-0.39, 0.29) is 6.42 Å². The van der Waals surface area contributed by atoms with Gasteiger partial charge in [0.15, 0.2) is 11.9 Å². The third-order valence-electron chi connectivity index (χ3n) is 7.25. The smallest absolute Gasteiger partial charge is 0.378 e. The van der Waals surface area contributed by atoms with E-state index in [0.717, 1.165) is 19.3 Å². The molecule has 2 aliphatic rings. The van der Waals surface area contributed by atoms with Crippen molar-refractivity contribution in [3.63, 3.8) is 0 Å². The second-order valence-electron chi connectivity index (χ2n) is 10.6. The zero-order chi connectivity index (χ0) is 29.5. The molecule has 1 fully saturated rings. The molecule has 12 nitrogen and oxygen atoms in total. The van der Waals surface area contributed by atoms with E-state index in [2.05, 4.69) is 6.92 Å². The maximum absolute atomic E-state index is 12.2. The highest BCUT2D eigenvalue weighted by Crippen LogP contribution is 2.29. The molecule has 0 aliphatic carbocycles. The molecule has 6 N–H and O–H groups in total. The minimum atomic E-state index is -1.82. The molecule has 0 radical (unpaired) electrons. The van der Waals surface area contributed by atoms with Crippen LogP contribution in [0.2, 0.25) is 0 Å². The van der Waals surface area contributed by atoms with Crippen molar-refractivity contribution in [1.82, 2.24) is 0 Å². The number of aliphatic hydroxyl groups is 6. The molecule has 0 aromatic rings. The van der Waals surface area contributed by atoms with Gasteiger partial charge in [-0.25, -0.2) is 4.79 Å². The van der Waals surface area contributed by atoms with E-state index in [9.17, 15) is 40.2 Å². The summed E-state index contributed by atoms with van der Waals surface area (Å²) < 4.78 is 20.3. The second kappa shape index (κ2) is 18.5. The molecule has 0 amide bonds. The van der Waals surface area contributed by atoms with Crippen LogP contribution < -0.4 is 0 Å². The fourth-order valence-electron chi connectivity index (χ4n) is 4.73. The minimum Gasteiger partial charge on any atom is -0.505 e. The summed E-state index contributed by atoms with van der Waals surface area (Å²) in [6.45, 7) is 0.973. The number of hydrogen-bond donors (Lipinski definition) is 6. The molecule has 7 atom stereocenters. The number of rotatable bonds is 20. The quantitative estimate of drug-likeness (QED) is 0.0912. The van der Waals surface area contributed by atoms with Gasteiger partial charge in [0.05, 0.1) is 6.61 Å². The Bertz CT molecular complexity index is 785. The molecule has 0 spiro atoms. The van der Waals surface area contributed by atoms with Gasteiger partial charge in [-0.15, -0.1) is 0 Å². The molecular weight excluding hydrogens is 528 g/mol. The maximum Gasteiger partial charge on any atom is 0.378 e. The fourth-order valence-corrected chi connectivity index (χ4v) is 4.73. The van der Waals surface area contributed by atoms with Gasteiger partial charge in [0.25, 0.3) is 0 Å². The number of cyclic esters (lactones) is 1. The molecule has 2 rings (SSSR count). The summed E-state index contributed by atoms with van der Waals surface area (Å²) in [6, 6.07) is 0. The van der Waals surface area contributed by atoms with Crippen LogP contribution in [0.5, 0.6) is 0 Å². The Kier molecular flexibility index (Phi) is 15.8. The van der Waals surface area contributed by atoms with Crippen molar-refractivity contribution in [1.29, 1.82) is 0 Å². The van der Waals surface area contributed by atoms with E-state index in [1.54, 1.807) is 0 Å². The fraction of sp³-hybridized carbons (Fsp3) is 0.857. The Hall–Kier alpha value is -1.96. The first-order chi connectivity index (χ1) is 19.2. The Morgan fingerprint density at radius 3 is 1.98 bits per heavy atom. The van der Waals surface area contributed by atoms with Crippen molar-refractivity contribution in [2.45, 2.75) is 140 Å². The number of carbonyl (C=O) groups excluding carboxylic acids is 2. The zero-order valence-electron chi connectivity index (χ0n) is 23.5. The standard InChI is InChI=1S/C28H48O12/c1-2-3-4-5-6-7-8-9-10-11-12-13-14-15-20(31)37-17-18(30)25-24(35)26(27(36)39-25)40-28-23(34)22(33)21(32)19(16-29)38-28/h18-19,21-23,25,28-30,32-35H,2-17H2,1H3/t18-,19?,21+,22?,23?,25+,28+/m0/s1. The Balaban J connectivity index is 1.62. The topological polar surface area (TPSA) is 192 Å². The van der Waals surface area contributed by atoms with Gasteiger partial charge < -0.3 is 49.6 Å². The number of aliphatic hydroxyl groups excluding tert-OH is 6. The number of hydrogen-bond acceptors (Lipinski definition) is 12.